The van der Waals surface area contributed by atoms with Crippen LogP contribution in [-0.4, -0.2) is 32.9 Å². The largest absolute Gasteiger partial charge is 0.496 e. The fourth-order valence-corrected chi connectivity index (χ4v) is 3.19. The molecule has 3 heteroatoms. The Morgan fingerprint density at radius 3 is 2.65 bits per heavy atom. The van der Waals surface area contributed by atoms with Crippen LogP contribution >= 0.6 is 0 Å². The molecule has 0 saturated heterocycles. The average Bonchev–Trinajstić information content (AvgIpc) is 2.90. The smallest absolute Gasteiger partial charge is 0.112 e. The fourth-order valence-electron chi connectivity index (χ4n) is 3.19. The molecular formula is C14H25NO2. The molecule has 17 heavy (non-hydrogen) atoms. The van der Waals surface area contributed by atoms with Crippen molar-refractivity contribution in [1.29, 1.82) is 0 Å². The molecule has 2 atom stereocenters. The highest BCUT2D eigenvalue weighted by atomic mass is 16.5. The number of nitrogens with one attached hydrogen (secondary N) is 1. The first kappa shape index (κ1) is 12.9. The number of methoxy groups -OCH3 is 1. The summed E-state index contributed by atoms with van der Waals surface area (Å²) >= 11 is 0. The fraction of sp³-hybridized carbons (Fsp3) is 0.857. The molecule has 1 fully saturated rings. The molecule has 3 nitrogen and oxygen atoms in total. The molecule has 0 aromatic heterocycles. The number of ether oxygens (including phenoxy) is 2. The Labute approximate surface area is 105 Å². The van der Waals surface area contributed by atoms with Gasteiger partial charge in [0.2, 0.25) is 0 Å². The van der Waals surface area contributed by atoms with Crippen LogP contribution in [0.25, 0.3) is 0 Å². The van der Waals surface area contributed by atoms with Crippen molar-refractivity contribution in [3.63, 3.8) is 0 Å². The molecule has 98 valence electrons. The Morgan fingerprint density at radius 1 is 1.35 bits per heavy atom. The van der Waals surface area contributed by atoms with Gasteiger partial charge in [0.15, 0.2) is 0 Å². The highest BCUT2D eigenvalue weighted by molar-refractivity contribution is 5.10. The molecule has 0 aromatic carbocycles. The average molecular weight is 239 g/mol. The van der Waals surface area contributed by atoms with Crippen molar-refractivity contribution in [2.75, 3.05) is 20.8 Å². The van der Waals surface area contributed by atoms with Gasteiger partial charge in [-0.05, 0) is 31.9 Å². The van der Waals surface area contributed by atoms with Crippen molar-refractivity contribution in [3.8, 4) is 0 Å². The molecule has 0 amide bonds. The second-order valence-electron chi connectivity index (χ2n) is 5.11. The zero-order chi connectivity index (χ0) is 12.1. The summed E-state index contributed by atoms with van der Waals surface area (Å²) < 4.78 is 11.5. The number of likely N-dealkylation sites (N-methyl/N-ethyl adjacent to an activating group) is 1. The van der Waals surface area contributed by atoms with Crippen LogP contribution in [0.15, 0.2) is 11.8 Å². The Balaban J connectivity index is 2.03. The van der Waals surface area contributed by atoms with E-state index in [0.29, 0.717) is 5.92 Å². The Hall–Kier alpha value is -0.540. The molecule has 2 aliphatic rings. The van der Waals surface area contributed by atoms with Gasteiger partial charge in [0.05, 0.1) is 18.8 Å². The van der Waals surface area contributed by atoms with E-state index in [0.717, 1.165) is 18.8 Å². The summed E-state index contributed by atoms with van der Waals surface area (Å²) in [5.74, 6) is 1.77. The van der Waals surface area contributed by atoms with E-state index < -0.39 is 0 Å². The molecule has 0 radical (unpaired) electrons. The molecule has 0 aromatic rings. The summed E-state index contributed by atoms with van der Waals surface area (Å²) in [6.45, 7) is 0.828. The third-order valence-electron chi connectivity index (χ3n) is 4.06. The second kappa shape index (κ2) is 6.41. The minimum absolute atomic E-state index is 0.227. The minimum atomic E-state index is 0.227. The van der Waals surface area contributed by atoms with Gasteiger partial charge in [-0.15, -0.1) is 0 Å². The van der Waals surface area contributed by atoms with Crippen LogP contribution in [0, 0.1) is 5.92 Å². The lowest BCUT2D eigenvalue weighted by Crippen LogP contribution is -2.45. The quantitative estimate of drug-likeness (QED) is 0.799. The van der Waals surface area contributed by atoms with Gasteiger partial charge >= 0.3 is 0 Å². The van der Waals surface area contributed by atoms with E-state index in [-0.39, 0.29) is 12.1 Å². The molecule has 0 bridgehead atoms. The SMILES string of the molecule is CNC(C1=CCCO1)C(OC)C1CCCCC1. The minimum Gasteiger partial charge on any atom is -0.496 e. The number of hydrogen-bond donors (Lipinski definition) is 1. The van der Waals surface area contributed by atoms with E-state index in [4.69, 9.17) is 9.47 Å². The van der Waals surface area contributed by atoms with Crippen molar-refractivity contribution in [2.45, 2.75) is 50.7 Å². The predicted octanol–water partition coefficient (Wildman–Crippen LogP) is 2.47. The normalized spacial score (nSPS) is 25.2. The van der Waals surface area contributed by atoms with Crippen LogP contribution < -0.4 is 5.32 Å². The molecule has 1 N–H and O–H groups in total. The number of hydrogen-bond acceptors (Lipinski definition) is 3. The van der Waals surface area contributed by atoms with Gasteiger partial charge in [-0.3, -0.25) is 0 Å². The zero-order valence-electron chi connectivity index (χ0n) is 11.1. The molecule has 1 aliphatic carbocycles. The highest BCUT2D eigenvalue weighted by Gasteiger charge is 2.33. The maximum absolute atomic E-state index is 5.77. The maximum atomic E-state index is 5.77. The summed E-state index contributed by atoms with van der Waals surface area (Å²) in [7, 11) is 3.83. The van der Waals surface area contributed by atoms with E-state index in [2.05, 4.69) is 11.4 Å². The van der Waals surface area contributed by atoms with E-state index >= 15 is 0 Å². The van der Waals surface area contributed by atoms with Crippen LogP contribution in [0.3, 0.4) is 0 Å². The molecule has 0 spiro atoms. The lowest BCUT2D eigenvalue weighted by atomic mass is 9.82. The maximum Gasteiger partial charge on any atom is 0.112 e. The zero-order valence-corrected chi connectivity index (χ0v) is 11.1. The van der Waals surface area contributed by atoms with Gasteiger partial charge in [0, 0.05) is 13.5 Å². The molecule has 1 aliphatic heterocycles. The van der Waals surface area contributed by atoms with Crippen LogP contribution in [-0.2, 0) is 9.47 Å². The summed E-state index contributed by atoms with van der Waals surface area (Å²) in [4.78, 5) is 0. The van der Waals surface area contributed by atoms with E-state index in [1.165, 1.54) is 32.1 Å². The molecular weight excluding hydrogens is 214 g/mol. The lowest BCUT2D eigenvalue weighted by molar-refractivity contribution is 0.00575. The first-order valence-corrected chi connectivity index (χ1v) is 6.89. The van der Waals surface area contributed by atoms with Gasteiger partial charge < -0.3 is 14.8 Å². The summed E-state index contributed by atoms with van der Waals surface area (Å²) in [6, 6.07) is 0.227. The van der Waals surface area contributed by atoms with Crippen LogP contribution in [0.4, 0.5) is 0 Å². The van der Waals surface area contributed by atoms with Crippen LogP contribution in [0.1, 0.15) is 38.5 Å². The van der Waals surface area contributed by atoms with Gasteiger partial charge in [-0.1, -0.05) is 19.3 Å². The Bertz CT molecular complexity index is 259. The Kier molecular flexibility index (Phi) is 4.86. The van der Waals surface area contributed by atoms with E-state index in [1.807, 2.05) is 14.2 Å². The highest BCUT2D eigenvalue weighted by Crippen LogP contribution is 2.31. The molecule has 1 heterocycles. The third kappa shape index (κ3) is 3.02. The van der Waals surface area contributed by atoms with Crippen molar-refractivity contribution < 1.29 is 9.47 Å². The third-order valence-corrected chi connectivity index (χ3v) is 4.06. The standard InChI is InChI=1S/C14H25NO2/c1-15-13(12-9-6-10-17-12)14(16-2)11-7-4-3-5-8-11/h9,11,13-15H,3-8,10H2,1-2H3. The first-order chi connectivity index (χ1) is 8.36. The molecule has 1 saturated carbocycles. The predicted molar refractivity (Wildman–Crippen MR) is 68.9 cm³/mol. The Morgan fingerprint density at radius 2 is 2.12 bits per heavy atom. The summed E-state index contributed by atoms with van der Waals surface area (Å²) in [5, 5.41) is 3.37. The van der Waals surface area contributed by atoms with Gasteiger partial charge in [-0.25, -0.2) is 0 Å². The van der Waals surface area contributed by atoms with Crippen molar-refractivity contribution in [2.24, 2.45) is 5.92 Å². The summed E-state index contributed by atoms with van der Waals surface area (Å²) in [5.41, 5.74) is 0. The van der Waals surface area contributed by atoms with Crippen molar-refractivity contribution in [3.05, 3.63) is 11.8 Å². The second-order valence-corrected chi connectivity index (χ2v) is 5.11. The van der Waals surface area contributed by atoms with E-state index in [1.54, 1.807) is 0 Å². The molecule has 2 unspecified atom stereocenters. The van der Waals surface area contributed by atoms with Crippen molar-refractivity contribution >= 4 is 0 Å². The lowest BCUT2D eigenvalue weighted by Gasteiger charge is -2.34. The van der Waals surface area contributed by atoms with Crippen LogP contribution in [0.2, 0.25) is 0 Å². The number of rotatable bonds is 5. The van der Waals surface area contributed by atoms with Gasteiger partial charge in [0.1, 0.15) is 5.76 Å². The van der Waals surface area contributed by atoms with Gasteiger partial charge in [-0.2, -0.15) is 0 Å². The monoisotopic (exact) mass is 239 g/mol. The first-order valence-electron chi connectivity index (χ1n) is 6.89. The summed E-state index contributed by atoms with van der Waals surface area (Å²) in [6.07, 6.45) is 10.2. The van der Waals surface area contributed by atoms with Crippen molar-refractivity contribution in [1.82, 2.24) is 5.32 Å². The van der Waals surface area contributed by atoms with Gasteiger partial charge in [0.25, 0.3) is 0 Å². The molecule has 2 rings (SSSR count). The topological polar surface area (TPSA) is 30.5 Å². The van der Waals surface area contributed by atoms with Crippen LogP contribution in [0.5, 0.6) is 0 Å². The van der Waals surface area contributed by atoms with E-state index in [9.17, 15) is 0 Å².